The van der Waals surface area contributed by atoms with Crippen molar-refractivity contribution in [1.82, 2.24) is 12.9 Å². The highest BCUT2D eigenvalue weighted by Crippen LogP contribution is 2.39. The molecule has 0 unspecified atom stereocenters. The molecule has 14 aromatic rings. The Bertz CT molecular complexity index is 6940. The Hall–Kier alpha value is -11.2. The number of ether oxygens (including phenoxy) is 9. The van der Waals surface area contributed by atoms with E-state index in [1.807, 2.05) is 38.1 Å². The minimum absolute atomic E-state index is 0.00135. The highest BCUT2D eigenvalue weighted by atomic mass is 32.2. The molecule has 0 spiro atoms. The van der Waals surface area contributed by atoms with Gasteiger partial charge in [-0.15, -0.1) is 0 Å². The molecule has 124 heavy (non-hydrogen) atoms. The molecule has 4 aliphatic heterocycles. The summed E-state index contributed by atoms with van der Waals surface area (Å²) in [6, 6.07) is 46.7. The number of sulfonamides is 3. The van der Waals surface area contributed by atoms with Gasteiger partial charge < -0.3 is 83.8 Å². The maximum absolute atomic E-state index is 12.1. The average molecular weight is 1830 g/mol. The van der Waals surface area contributed by atoms with Crippen molar-refractivity contribution >= 4 is 142 Å². The zero-order valence-electron chi connectivity index (χ0n) is 69.5. The van der Waals surface area contributed by atoms with Crippen LogP contribution in [0.25, 0.3) is 76.8 Å². The number of hydrogen-bond acceptors (Lipinski definition) is 31. The predicted octanol–water partition coefficient (Wildman–Crippen LogP) is 13.5. The van der Waals surface area contributed by atoms with Crippen molar-refractivity contribution in [3.8, 4) is 40.2 Å². The van der Waals surface area contributed by atoms with Crippen molar-refractivity contribution in [3.63, 3.8) is 0 Å². The first kappa shape index (κ1) is 92.0. The van der Waals surface area contributed by atoms with Gasteiger partial charge in [0.05, 0.1) is 94.5 Å². The van der Waals surface area contributed by atoms with Gasteiger partial charge in [-0.25, -0.2) is 68.4 Å². The van der Waals surface area contributed by atoms with Crippen LogP contribution in [0.5, 0.6) is 40.2 Å². The van der Waals surface area contributed by atoms with Crippen LogP contribution in [0.15, 0.2) is 236 Å². The second-order valence-electron chi connectivity index (χ2n) is 29.0. The smallest absolute Gasteiger partial charge is 0.275 e. The molecule has 0 bridgehead atoms. The summed E-state index contributed by atoms with van der Waals surface area (Å²) in [5, 5.41) is 22.9. The van der Waals surface area contributed by atoms with E-state index in [1.54, 1.807) is 118 Å². The lowest BCUT2D eigenvalue weighted by Gasteiger charge is -2.07. The number of rotatable bonds is 24. The molecule has 0 saturated carbocycles. The Kier molecular flexibility index (Phi) is 28.0. The fourth-order valence-electron chi connectivity index (χ4n) is 11.5. The number of aliphatic imine (C=N–C) groups is 1. The van der Waals surface area contributed by atoms with E-state index in [0.29, 0.717) is 134 Å². The van der Waals surface area contributed by atoms with E-state index in [9.17, 15) is 60.7 Å². The normalized spacial score (nSPS) is 16.0. The highest BCUT2D eigenvalue weighted by molar-refractivity contribution is 7.92. The van der Waals surface area contributed by atoms with Crippen molar-refractivity contribution in [2.24, 2.45) is 4.99 Å². The first-order chi connectivity index (χ1) is 58.7. The Morgan fingerprint density at radius 3 is 0.887 bits per heavy atom. The van der Waals surface area contributed by atoms with Crippen LogP contribution in [0.4, 0.5) is 0 Å². The Morgan fingerprint density at radius 2 is 0.613 bits per heavy atom. The maximum Gasteiger partial charge on any atom is 0.275 e. The molecule has 3 fully saturated rings. The standard InChI is InChI=1S/C16H17NO4.C13H15NO5S.C13H14O5S.C11H13NO4S.C11H12O4S.C10H11NO4S.C10H10O4S/c1-16(2)9-20-15(17-16)14-6-11-12(19-8-10-7-18-10)4-3-5-13(11)21-14;1-14(2)20(15,16)13-6-10-11(18-8-9-7-17-9)4-3-5-12(10)19-13;1-2-19(14,15)13-6-10-11(17-8-9-7-16-9)4-3-5-12(10)18-13;1-12(2)17(13,14)11-7-8-9(15-3)5-4-6-10(8)16-11;1-3-16(12,13)11-7-8-9(14-2)5-4-6-10(8)15-11;1-11(2)16(13,14)10-6-7-8(12)4-3-5-9(7)15-10;1-2-15(12,13)10-6-7-8(11)4-3-5-9(7)14-10/h3-6,10H,7-9H2,1-2H3;3-6,9H,7-8H2,1-2H3;3-6,9H,2,7-8H2,1H3;4-7H,1-3H3;4-7H,3H2,1-2H3;3-6,12H,1-2H3;3-6,11H,2H2,1H3/t10-;2*9-;;;;/m000..../s1. The second-order valence-corrected chi connectivity index (χ2v) is 41.9. The van der Waals surface area contributed by atoms with E-state index < -0.39 is 59.6 Å². The molecule has 34 nitrogen and oxygen atoms in total. The number of hydrogen-bond donors (Lipinski definition) is 2. The molecule has 18 rings (SSSR count). The topological polar surface area (TPSA) is 452 Å². The molecular weight excluding hydrogens is 1740 g/mol. The minimum atomic E-state index is -3.60. The van der Waals surface area contributed by atoms with Gasteiger partial charge in [-0.2, -0.15) is 0 Å². The molecule has 3 saturated heterocycles. The van der Waals surface area contributed by atoms with Crippen molar-refractivity contribution in [3.05, 3.63) is 176 Å². The Labute approximate surface area is 714 Å². The van der Waals surface area contributed by atoms with Crippen LogP contribution in [0.1, 0.15) is 40.4 Å². The number of phenolic OH excluding ortho intramolecular Hbond substituents is 2. The summed E-state index contributed by atoms with van der Waals surface area (Å²) in [4.78, 5) is 4.54. The molecule has 664 valence electrons. The third kappa shape index (κ3) is 21.6. The lowest BCUT2D eigenvalue weighted by molar-refractivity contribution is 0.265. The van der Waals surface area contributed by atoms with Crippen LogP contribution in [0, 0.1) is 0 Å². The van der Waals surface area contributed by atoms with Crippen molar-refractivity contribution < 1.29 is 134 Å². The van der Waals surface area contributed by atoms with E-state index in [1.165, 1.54) is 105 Å². The van der Waals surface area contributed by atoms with E-state index in [2.05, 4.69) is 4.99 Å². The molecule has 3 atom stereocenters. The summed E-state index contributed by atoms with van der Waals surface area (Å²) in [6.45, 7) is 13.1. The lowest BCUT2D eigenvalue weighted by atomic mass is 10.1. The fourth-order valence-corrected chi connectivity index (χ4v) is 16.4. The number of nitrogens with zero attached hydrogens (tertiary/aromatic N) is 4. The number of sulfone groups is 3. The summed E-state index contributed by atoms with van der Waals surface area (Å²) in [5.41, 5.74) is 3.31. The SMILES string of the molecule is CC1(C)COC(c2cc3c(OC[C@@H]4CO4)cccc3o2)=N1.CCS(=O)(=O)c1cc2c(O)cccc2o1.CCS(=O)(=O)c1cc2c(OC)cccc2o1.CCS(=O)(=O)c1cc2c(OC[C@@H]3CO3)cccc2o1.CN(C)S(=O)(=O)c1cc2c(O)cccc2o1.CN(C)S(=O)(=O)c1cc2c(OC[C@@H]3CO3)cccc2o1.COc1cccc2oc(S(=O)(=O)N(C)C)cc12. The van der Waals surface area contributed by atoms with Gasteiger partial charge >= 0.3 is 0 Å². The van der Waals surface area contributed by atoms with Gasteiger partial charge in [0.1, 0.15) is 124 Å². The summed E-state index contributed by atoms with van der Waals surface area (Å²) >= 11 is 0. The number of benzene rings is 7. The molecular formula is C84H92N4O30S6. The largest absolute Gasteiger partial charge is 0.507 e. The van der Waals surface area contributed by atoms with Gasteiger partial charge in [-0.3, -0.25) is 0 Å². The summed E-state index contributed by atoms with van der Waals surface area (Å²) in [7, 11) is -9.00. The fraction of sp³-hybridized carbons (Fsp3) is 0.321. The molecule has 4 aliphatic rings. The van der Waals surface area contributed by atoms with Crippen LogP contribution in [0.2, 0.25) is 0 Å². The first-order valence-corrected chi connectivity index (χ1v) is 47.5. The first-order valence-electron chi connectivity index (χ1n) is 38.3. The van der Waals surface area contributed by atoms with Crippen LogP contribution in [-0.2, 0) is 78.5 Å². The van der Waals surface area contributed by atoms with Crippen molar-refractivity contribution in [2.45, 2.75) is 89.0 Å². The highest BCUT2D eigenvalue weighted by Gasteiger charge is 2.33. The number of phenols is 2. The van der Waals surface area contributed by atoms with Crippen LogP contribution >= 0.6 is 0 Å². The van der Waals surface area contributed by atoms with Crippen LogP contribution in [-0.4, -0.2) is 223 Å². The van der Waals surface area contributed by atoms with Crippen molar-refractivity contribution in [1.29, 1.82) is 0 Å². The lowest BCUT2D eigenvalue weighted by Crippen LogP contribution is -2.21. The molecule has 0 amide bonds. The average Bonchev–Trinajstić information content (AvgIpc) is 1.66. The molecule has 0 radical (unpaired) electrons. The van der Waals surface area contributed by atoms with Gasteiger partial charge in [0.25, 0.3) is 36.0 Å². The predicted molar refractivity (Wildman–Crippen MR) is 458 cm³/mol. The monoisotopic (exact) mass is 1830 g/mol. The number of aromatic hydroxyl groups is 2. The number of epoxide rings is 3. The van der Waals surface area contributed by atoms with E-state index in [-0.39, 0.29) is 83.2 Å². The molecule has 7 aromatic heterocycles. The zero-order valence-corrected chi connectivity index (χ0v) is 74.4. The summed E-state index contributed by atoms with van der Waals surface area (Å²) in [6.07, 6.45) is 0.526. The Balaban J connectivity index is 0.000000132. The van der Waals surface area contributed by atoms with Gasteiger partial charge in [0.2, 0.25) is 60.1 Å². The van der Waals surface area contributed by atoms with E-state index >= 15 is 0 Å². The molecule has 7 aromatic carbocycles. The summed E-state index contributed by atoms with van der Waals surface area (Å²) in [5.74, 6) is 4.47. The molecule has 2 N–H and O–H groups in total. The van der Waals surface area contributed by atoms with Gasteiger partial charge in [0, 0.05) is 84.8 Å². The zero-order chi connectivity index (χ0) is 89.6. The minimum Gasteiger partial charge on any atom is -0.507 e. The van der Waals surface area contributed by atoms with Gasteiger partial charge in [-0.05, 0) is 98.8 Å². The molecule has 11 heterocycles. The van der Waals surface area contributed by atoms with E-state index in [0.717, 1.165) is 42.8 Å². The van der Waals surface area contributed by atoms with Gasteiger partial charge in [-0.1, -0.05) is 63.2 Å². The molecule has 0 aliphatic carbocycles. The van der Waals surface area contributed by atoms with E-state index in [4.69, 9.17) is 73.6 Å². The van der Waals surface area contributed by atoms with Gasteiger partial charge in [0.15, 0.2) is 5.76 Å². The number of fused-ring (bicyclic) bond motifs is 7. The third-order valence-electron chi connectivity index (χ3n) is 18.9. The Morgan fingerprint density at radius 1 is 0.363 bits per heavy atom. The number of furan rings is 7. The third-order valence-corrected chi connectivity index (χ3v) is 28.6. The van der Waals surface area contributed by atoms with Crippen LogP contribution < -0.4 is 23.7 Å². The number of methoxy groups -OCH3 is 2. The van der Waals surface area contributed by atoms with Crippen molar-refractivity contribution in [2.75, 3.05) is 120 Å². The summed E-state index contributed by atoms with van der Waals surface area (Å²) < 4.78 is 230. The second kappa shape index (κ2) is 37.7. The molecule has 40 heteroatoms. The maximum atomic E-state index is 12.1. The quantitative estimate of drug-likeness (QED) is 0.0531. The van der Waals surface area contributed by atoms with Crippen LogP contribution in [0.3, 0.4) is 0 Å².